The second-order valence-corrected chi connectivity index (χ2v) is 3.50. The van der Waals surface area contributed by atoms with Crippen LogP contribution in [0.3, 0.4) is 0 Å². The number of phenols is 1. The predicted octanol–water partition coefficient (Wildman–Crippen LogP) is 1.57. The summed E-state index contributed by atoms with van der Waals surface area (Å²) in [5.41, 5.74) is 8.20. The zero-order valence-corrected chi connectivity index (χ0v) is 9.52. The average molecular weight is 264 g/mol. The largest absolute Gasteiger partial charge is 0.507 e. The van der Waals surface area contributed by atoms with Crippen molar-refractivity contribution >= 4 is 17.6 Å². The summed E-state index contributed by atoms with van der Waals surface area (Å²) in [6.45, 7) is 0.133. The lowest BCUT2D eigenvalue weighted by Crippen LogP contribution is -2.27. The van der Waals surface area contributed by atoms with Crippen molar-refractivity contribution in [3.63, 3.8) is 0 Å². The number of rotatable bonds is 3. The van der Waals surface area contributed by atoms with Crippen molar-refractivity contribution < 1.29 is 24.4 Å². The number of phenolic OH excluding ortho intramolecular Hbond substituents is 1. The Morgan fingerprint density at radius 1 is 1.58 bits per heavy atom. The van der Waals surface area contributed by atoms with Crippen molar-refractivity contribution in [3.05, 3.63) is 34.2 Å². The van der Waals surface area contributed by atoms with E-state index in [2.05, 4.69) is 14.9 Å². The highest BCUT2D eigenvalue weighted by Gasteiger charge is 2.27. The molecule has 0 radical (unpaired) electrons. The Bertz CT molecular complexity index is 581. The molecule has 1 N–H and O–H groups in total. The lowest BCUT2D eigenvalue weighted by molar-refractivity contribution is -0.288. The van der Waals surface area contributed by atoms with E-state index in [1.165, 1.54) is 12.1 Å². The maximum Gasteiger partial charge on any atom is 0.370 e. The standard InChI is InChI=1S/C10H8N4O5/c11-13-12-6-1-2-7(8(15)5-6)10(17)19-14-9(16)3-4-18-14/h1-2,5,15H,3-4H2. The highest BCUT2D eigenvalue weighted by Crippen LogP contribution is 2.25. The van der Waals surface area contributed by atoms with Crippen LogP contribution in [-0.2, 0) is 14.5 Å². The van der Waals surface area contributed by atoms with E-state index >= 15 is 0 Å². The van der Waals surface area contributed by atoms with Crippen LogP contribution in [0, 0.1) is 0 Å². The quantitative estimate of drug-likeness (QED) is 0.503. The molecule has 0 aromatic heterocycles. The van der Waals surface area contributed by atoms with Crippen molar-refractivity contribution in [1.82, 2.24) is 5.23 Å². The minimum absolute atomic E-state index is 0.120. The molecule has 0 spiro atoms. The van der Waals surface area contributed by atoms with E-state index in [9.17, 15) is 14.7 Å². The zero-order valence-electron chi connectivity index (χ0n) is 9.52. The maximum atomic E-state index is 11.7. The fourth-order valence-corrected chi connectivity index (χ4v) is 1.39. The first-order valence-corrected chi connectivity index (χ1v) is 5.18. The van der Waals surface area contributed by atoms with E-state index in [4.69, 9.17) is 10.4 Å². The molecule has 1 aliphatic rings. The van der Waals surface area contributed by atoms with Crippen LogP contribution in [0.4, 0.5) is 5.69 Å². The number of nitrogens with zero attached hydrogens (tertiary/aromatic N) is 4. The van der Waals surface area contributed by atoms with Gasteiger partial charge in [0.15, 0.2) is 0 Å². The summed E-state index contributed by atoms with van der Waals surface area (Å²) in [4.78, 5) is 34.8. The van der Waals surface area contributed by atoms with Crippen LogP contribution in [-0.4, -0.2) is 28.8 Å². The van der Waals surface area contributed by atoms with Gasteiger partial charge in [-0.15, -0.1) is 0 Å². The minimum Gasteiger partial charge on any atom is -0.507 e. The van der Waals surface area contributed by atoms with Crippen molar-refractivity contribution in [2.24, 2.45) is 5.11 Å². The number of amides is 1. The molecule has 9 nitrogen and oxygen atoms in total. The molecule has 98 valence electrons. The van der Waals surface area contributed by atoms with E-state index in [0.717, 1.165) is 6.07 Å². The highest BCUT2D eigenvalue weighted by molar-refractivity contribution is 5.93. The van der Waals surface area contributed by atoms with Gasteiger partial charge in [-0.2, -0.15) is 0 Å². The zero-order chi connectivity index (χ0) is 13.8. The number of hydrogen-bond donors (Lipinski definition) is 1. The molecule has 0 saturated carbocycles. The molecule has 1 aromatic rings. The molecular weight excluding hydrogens is 256 g/mol. The summed E-state index contributed by atoms with van der Waals surface area (Å²) in [6.07, 6.45) is 0.120. The number of azide groups is 1. The van der Waals surface area contributed by atoms with Crippen LogP contribution in [0.2, 0.25) is 0 Å². The number of hydroxylamine groups is 2. The van der Waals surface area contributed by atoms with Gasteiger partial charge in [-0.25, -0.2) is 9.63 Å². The Kier molecular flexibility index (Phi) is 3.51. The van der Waals surface area contributed by atoms with Crippen molar-refractivity contribution in [1.29, 1.82) is 0 Å². The first-order valence-electron chi connectivity index (χ1n) is 5.18. The van der Waals surface area contributed by atoms with Gasteiger partial charge in [0.25, 0.3) is 5.91 Å². The molecule has 1 aromatic carbocycles. The summed E-state index contributed by atoms with van der Waals surface area (Å²) >= 11 is 0. The van der Waals surface area contributed by atoms with E-state index in [1.54, 1.807) is 0 Å². The van der Waals surface area contributed by atoms with E-state index in [-0.39, 0.29) is 24.3 Å². The van der Waals surface area contributed by atoms with Crippen LogP contribution >= 0.6 is 0 Å². The number of hydrogen-bond acceptors (Lipinski definition) is 6. The van der Waals surface area contributed by atoms with Gasteiger partial charge in [-0.3, -0.25) is 4.79 Å². The highest BCUT2D eigenvalue weighted by atomic mass is 17.0. The number of benzene rings is 1. The van der Waals surface area contributed by atoms with Gasteiger partial charge in [-0.1, -0.05) is 11.2 Å². The SMILES string of the molecule is [N-]=[N+]=Nc1ccc(C(=O)ON2OCCC2=O)c(O)c1. The lowest BCUT2D eigenvalue weighted by Gasteiger charge is -2.12. The summed E-state index contributed by atoms with van der Waals surface area (Å²) in [5, 5.41) is 13.3. The fraction of sp³-hybridized carbons (Fsp3) is 0.200. The summed E-state index contributed by atoms with van der Waals surface area (Å²) in [5.74, 6) is -1.87. The third-order valence-corrected chi connectivity index (χ3v) is 2.26. The molecule has 1 heterocycles. The number of carbonyl (C=O) groups excluding carboxylic acids is 2. The summed E-state index contributed by atoms with van der Waals surface area (Å²) in [7, 11) is 0. The van der Waals surface area contributed by atoms with Gasteiger partial charge < -0.3 is 9.94 Å². The van der Waals surface area contributed by atoms with Gasteiger partial charge in [0, 0.05) is 10.6 Å². The minimum atomic E-state index is -0.958. The maximum absolute atomic E-state index is 11.7. The molecule has 0 bridgehead atoms. The van der Waals surface area contributed by atoms with E-state index < -0.39 is 17.6 Å². The molecule has 9 heteroatoms. The number of carbonyl (C=O) groups is 2. The van der Waals surface area contributed by atoms with E-state index in [0.29, 0.717) is 5.23 Å². The molecule has 0 atom stereocenters. The predicted molar refractivity (Wildman–Crippen MR) is 59.7 cm³/mol. The topological polar surface area (TPSA) is 125 Å². The Balaban J connectivity index is 2.15. The Labute approximate surface area is 106 Å². The molecule has 1 amide bonds. The van der Waals surface area contributed by atoms with Crippen molar-refractivity contribution in [2.75, 3.05) is 6.61 Å². The van der Waals surface area contributed by atoms with Crippen LogP contribution in [0.15, 0.2) is 23.3 Å². The average Bonchev–Trinajstić information content (AvgIpc) is 2.75. The van der Waals surface area contributed by atoms with Crippen LogP contribution in [0.25, 0.3) is 10.4 Å². The van der Waals surface area contributed by atoms with Gasteiger partial charge in [0.1, 0.15) is 11.3 Å². The van der Waals surface area contributed by atoms with Gasteiger partial charge >= 0.3 is 5.97 Å². The molecule has 1 fully saturated rings. The Hall–Kier alpha value is -2.77. The first kappa shape index (κ1) is 12.7. The molecule has 0 aliphatic carbocycles. The Morgan fingerprint density at radius 3 is 2.95 bits per heavy atom. The van der Waals surface area contributed by atoms with Crippen LogP contribution in [0.1, 0.15) is 16.8 Å². The van der Waals surface area contributed by atoms with Crippen LogP contribution in [0.5, 0.6) is 5.75 Å². The summed E-state index contributed by atoms with van der Waals surface area (Å²) in [6, 6.07) is 3.63. The first-order chi connectivity index (χ1) is 9.11. The molecule has 1 aliphatic heterocycles. The van der Waals surface area contributed by atoms with Gasteiger partial charge in [0.2, 0.25) is 0 Å². The third-order valence-electron chi connectivity index (χ3n) is 2.26. The second kappa shape index (κ2) is 5.25. The molecule has 2 rings (SSSR count). The molecular formula is C10H8N4O5. The van der Waals surface area contributed by atoms with Crippen LogP contribution < -0.4 is 0 Å². The van der Waals surface area contributed by atoms with E-state index in [1.807, 2.05) is 0 Å². The van der Waals surface area contributed by atoms with Gasteiger partial charge in [-0.05, 0) is 22.9 Å². The number of aromatic hydroxyl groups is 1. The van der Waals surface area contributed by atoms with Gasteiger partial charge in [0.05, 0.1) is 13.0 Å². The normalized spacial score (nSPS) is 14.1. The summed E-state index contributed by atoms with van der Waals surface area (Å²) < 4.78 is 0. The monoisotopic (exact) mass is 264 g/mol. The molecule has 19 heavy (non-hydrogen) atoms. The third kappa shape index (κ3) is 2.73. The Morgan fingerprint density at radius 2 is 2.37 bits per heavy atom. The second-order valence-electron chi connectivity index (χ2n) is 3.50. The lowest BCUT2D eigenvalue weighted by atomic mass is 10.2. The van der Waals surface area contributed by atoms with Crippen molar-refractivity contribution in [2.45, 2.75) is 6.42 Å². The molecule has 1 saturated heterocycles. The van der Waals surface area contributed by atoms with Crippen molar-refractivity contribution in [3.8, 4) is 5.75 Å². The molecule has 0 unspecified atom stereocenters. The smallest absolute Gasteiger partial charge is 0.370 e. The fourth-order valence-electron chi connectivity index (χ4n) is 1.39.